The molecule has 3 aromatic carbocycles. The topological polar surface area (TPSA) is 124 Å². The van der Waals surface area contributed by atoms with Crippen molar-refractivity contribution in [3.63, 3.8) is 0 Å². The second-order valence-electron chi connectivity index (χ2n) is 7.82. The maximum absolute atomic E-state index is 13.0. The molecule has 0 radical (unpaired) electrons. The Morgan fingerprint density at radius 3 is 1.86 bits per heavy atom. The van der Waals surface area contributed by atoms with Crippen LogP contribution in [0.5, 0.6) is 0 Å². The summed E-state index contributed by atoms with van der Waals surface area (Å²) >= 11 is 5.99. The normalized spacial score (nSPS) is 11.9. The number of halogens is 1. The van der Waals surface area contributed by atoms with Crippen molar-refractivity contribution in [3.8, 4) is 11.1 Å². The molecule has 3 rings (SSSR count). The van der Waals surface area contributed by atoms with Crippen LogP contribution in [0.3, 0.4) is 0 Å². The third-order valence-electron chi connectivity index (χ3n) is 4.89. The Balaban J connectivity index is 0.000000641. The van der Waals surface area contributed by atoms with Crippen molar-refractivity contribution in [3.05, 3.63) is 89.4 Å². The Labute approximate surface area is 209 Å². The summed E-state index contributed by atoms with van der Waals surface area (Å²) in [5.74, 6) is -3.65. The lowest BCUT2D eigenvalue weighted by Gasteiger charge is -2.21. The van der Waals surface area contributed by atoms with Crippen LogP contribution in [0.1, 0.15) is 18.0 Å². The van der Waals surface area contributed by atoms with Gasteiger partial charge in [0.15, 0.2) is 0 Å². The van der Waals surface area contributed by atoms with Gasteiger partial charge in [-0.25, -0.2) is 22.7 Å². The van der Waals surface area contributed by atoms with Gasteiger partial charge in [-0.2, -0.15) is 0 Å². The van der Waals surface area contributed by atoms with E-state index < -0.39 is 22.0 Å². The Morgan fingerprint density at radius 1 is 0.857 bits per heavy atom. The molecule has 0 aromatic heterocycles. The predicted molar refractivity (Wildman–Crippen MR) is 135 cm³/mol. The summed E-state index contributed by atoms with van der Waals surface area (Å²) in [6, 6.07) is 23.8. The molecule has 0 saturated heterocycles. The maximum atomic E-state index is 13.0. The fourth-order valence-corrected chi connectivity index (χ4v) is 4.47. The van der Waals surface area contributed by atoms with Crippen molar-refractivity contribution in [1.82, 2.24) is 9.62 Å². The summed E-state index contributed by atoms with van der Waals surface area (Å²) < 4.78 is 28.9. The van der Waals surface area contributed by atoms with Gasteiger partial charge in [0.05, 0.1) is 4.90 Å². The van der Waals surface area contributed by atoms with Crippen molar-refractivity contribution >= 4 is 33.6 Å². The minimum absolute atomic E-state index is 0.251. The molecule has 3 N–H and O–H groups in total. The average Bonchev–Trinajstić information content (AvgIpc) is 2.83. The molecule has 1 unspecified atom stereocenters. The highest BCUT2D eigenvalue weighted by Crippen LogP contribution is 2.24. The Hall–Kier alpha value is -3.24. The molecule has 0 amide bonds. The van der Waals surface area contributed by atoms with Crippen LogP contribution in [-0.4, -0.2) is 56.1 Å². The Kier molecular flexibility index (Phi) is 10.4. The highest BCUT2D eigenvalue weighted by molar-refractivity contribution is 7.89. The van der Waals surface area contributed by atoms with Crippen LogP contribution in [0.4, 0.5) is 0 Å². The minimum Gasteiger partial charge on any atom is -0.473 e. The Morgan fingerprint density at radius 2 is 1.37 bits per heavy atom. The smallest absolute Gasteiger partial charge is 0.414 e. The summed E-state index contributed by atoms with van der Waals surface area (Å²) in [6.45, 7) is 0.753. The standard InChI is InChI=1S/C23H25ClN2O2S.C2H2O4/c1-26(2)17-16-23(20-8-12-21(24)13-9-20)25-29(27,28)22-14-10-19(11-15-22)18-6-4-3-5-7-18;3-1(4)2(5)6/h3-15,23,25H,16-17H2,1-2H3;(H,3,4)(H,5,6). The molecule has 0 fully saturated rings. The van der Waals surface area contributed by atoms with Crippen LogP contribution < -0.4 is 4.72 Å². The van der Waals surface area contributed by atoms with E-state index in [1.54, 1.807) is 24.3 Å². The van der Waals surface area contributed by atoms with E-state index in [0.29, 0.717) is 11.4 Å². The van der Waals surface area contributed by atoms with Gasteiger partial charge in [0.2, 0.25) is 10.0 Å². The number of carboxylic acids is 2. The number of hydrogen-bond donors (Lipinski definition) is 3. The number of nitrogens with zero attached hydrogens (tertiary/aromatic N) is 1. The lowest BCUT2D eigenvalue weighted by Crippen LogP contribution is -2.31. The summed E-state index contributed by atoms with van der Waals surface area (Å²) in [5.41, 5.74) is 2.92. The molecule has 0 aliphatic carbocycles. The quantitative estimate of drug-likeness (QED) is 0.383. The van der Waals surface area contributed by atoms with Gasteiger partial charge in [0.1, 0.15) is 0 Å². The monoisotopic (exact) mass is 518 g/mol. The zero-order valence-electron chi connectivity index (χ0n) is 19.3. The van der Waals surface area contributed by atoms with E-state index in [4.69, 9.17) is 31.4 Å². The number of aliphatic carboxylic acids is 2. The summed E-state index contributed by atoms with van der Waals surface area (Å²) in [7, 11) is 0.270. The van der Waals surface area contributed by atoms with Crippen molar-refractivity contribution in [2.45, 2.75) is 17.4 Å². The molecule has 0 bridgehead atoms. The van der Waals surface area contributed by atoms with E-state index in [0.717, 1.165) is 23.2 Å². The van der Waals surface area contributed by atoms with Crippen LogP contribution in [0, 0.1) is 0 Å². The molecule has 0 aliphatic heterocycles. The second-order valence-corrected chi connectivity index (χ2v) is 9.97. The number of rotatable bonds is 8. The molecule has 0 saturated carbocycles. The third kappa shape index (κ3) is 9.14. The summed E-state index contributed by atoms with van der Waals surface area (Å²) in [5, 5.41) is 15.4. The lowest BCUT2D eigenvalue weighted by molar-refractivity contribution is -0.159. The first-order chi connectivity index (χ1) is 16.5. The first kappa shape index (κ1) is 28.0. The summed E-state index contributed by atoms with van der Waals surface area (Å²) in [6.07, 6.45) is 0.649. The molecular formula is C25H27ClN2O6S. The van der Waals surface area contributed by atoms with Crippen molar-refractivity contribution in [2.24, 2.45) is 0 Å². The molecule has 0 heterocycles. The zero-order chi connectivity index (χ0) is 26.0. The molecule has 10 heteroatoms. The first-order valence-electron chi connectivity index (χ1n) is 10.5. The molecule has 8 nitrogen and oxygen atoms in total. The molecule has 0 aliphatic rings. The molecule has 1 atom stereocenters. The van der Waals surface area contributed by atoms with Gasteiger partial charge in [0.25, 0.3) is 0 Å². The number of sulfonamides is 1. The van der Waals surface area contributed by atoms with Crippen LogP contribution in [0.2, 0.25) is 5.02 Å². The van der Waals surface area contributed by atoms with Crippen LogP contribution in [0.15, 0.2) is 83.8 Å². The summed E-state index contributed by atoms with van der Waals surface area (Å²) in [4.78, 5) is 20.5. The SMILES string of the molecule is CN(C)CCC(NS(=O)(=O)c1ccc(-c2ccccc2)cc1)c1ccc(Cl)cc1.O=C(O)C(=O)O. The number of carbonyl (C=O) groups is 2. The second kappa shape index (κ2) is 13.0. The average molecular weight is 519 g/mol. The largest absolute Gasteiger partial charge is 0.473 e. The van der Waals surface area contributed by atoms with E-state index in [1.807, 2.05) is 73.6 Å². The van der Waals surface area contributed by atoms with E-state index in [1.165, 1.54) is 0 Å². The number of hydrogen-bond acceptors (Lipinski definition) is 5. The third-order valence-corrected chi connectivity index (χ3v) is 6.63. The Bertz CT molecular complexity index is 1200. The number of benzene rings is 3. The van der Waals surface area contributed by atoms with Gasteiger partial charge in [-0.15, -0.1) is 0 Å². The lowest BCUT2D eigenvalue weighted by atomic mass is 10.0. The fourth-order valence-electron chi connectivity index (χ4n) is 3.09. The van der Waals surface area contributed by atoms with Crippen LogP contribution in [-0.2, 0) is 19.6 Å². The fraction of sp³-hybridized carbons (Fsp3) is 0.200. The van der Waals surface area contributed by atoms with Crippen molar-refractivity contribution < 1.29 is 28.2 Å². The van der Waals surface area contributed by atoms with Gasteiger partial charge < -0.3 is 15.1 Å². The first-order valence-corrected chi connectivity index (χ1v) is 12.4. The van der Waals surface area contributed by atoms with Crippen LogP contribution >= 0.6 is 11.6 Å². The van der Waals surface area contributed by atoms with Gasteiger partial charge in [-0.1, -0.05) is 66.2 Å². The zero-order valence-corrected chi connectivity index (χ0v) is 20.8. The van der Waals surface area contributed by atoms with E-state index >= 15 is 0 Å². The number of carboxylic acid groups (broad SMARTS) is 2. The predicted octanol–water partition coefficient (Wildman–Crippen LogP) is 4.13. The molecule has 186 valence electrons. The van der Waals surface area contributed by atoms with E-state index in [-0.39, 0.29) is 10.9 Å². The maximum Gasteiger partial charge on any atom is 0.414 e. The van der Waals surface area contributed by atoms with Gasteiger partial charge in [-0.3, -0.25) is 0 Å². The van der Waals surface area contributed by atoms with Gasteiger partial charge >= 0.3 is 11.9 Å². The van der Waals surface area contributed by atoms with E-state index in [9.17, 15) is 8.42 Å². The molecule has 3 aromatic rings. The van der Waals surface area contributed by atoms with Gasteiger partial charge in [-0.05, 0) is 68.0 Å². The number of nitrogens with one attached hydrogen (secondary N) is 1. The van der Waals surface area contributed by atoms with Crippen molar-refractivity contribution in [2.75, 3.05) is 20.6 Å². The minimum atomic E-state index is -3.67. The van der Waals surface area contributed by atoms with Gasteiger partial charge in [0, 0.05) is 11.1 Å². The highest BCUT2D eigenvalue weighted by atomic mass is 35.5. The van der Waals surface area contributed by atoms with E-state index in [2.05, 4.69) is 4.72 Å². The highest BCUT2D eigenvalue weighted by Gasteiger charge is 2.21. The molecular weight excluding hydrogens is 492 g/mol. The van der Waals surface area contributed by atoms with Crippen molar-refractivity contribution in [1.29, 1.82) is 0 Å². The molecule has 0 spiro atoms. The van der Waals surface area contributed by atoms with Crippen LogP contribution in [0.25, 0.3) is 11.1 Å². The molecule has 35 heavy (non-hydrogen) atoms.